The molecule has 6 heteroatoms. The van der Waals surface area contributed by atoms with Crippen molar-refractivity contribution in [3.8, 4) is 22.9 Å². The van der Waals surface area contributed by atoms with Gasteiger partial charge in [-0.3, -0.25) is 4.90 Å². The molecule has 3 rings (SSSR count). The standard InChI is InChI=1S/C22H27N3O3/c1-5-25(16(3)17-10-9-11-18(14-17)26-4)15-21-23-22(24-28-21)19-12-7-8-13-20(19)27-6-2/h7-14,16H,5-6,15H2,1-4H3. The fourth-order valence-corrected chi connectivity index (χ4v) is 3.17. The highest BCUT2D eigenvalue weighted by Crippen LogP contribution is 2.29. The van der Waals surface area contributed by atoms with Crippen molar-refractivity contribution in [2.24, 2.45) is 0 Å². The lowest BCUT2D eigenvalue weighted by molar-refractivity contribution is 0.184. The fourth-order valence-electron chi connectivity index (χ4n) is 3.17. The van der Waals surface area contributed by atoms with Crippen molar-refractivity contribution in [2.45, 2.75) is 33.4 Å². The molecule has 0 amide bonds. The molecule has 0 radical (unpaired) electrons. The molecule has 0 saturated heterocycles. The van der Waals surface area contributed by atoms with Crippen LogP contribution in [0.2, 0.25) is 0 Å². The Kier molecular flexibility index (Phi) is 6.66. The molecule has 1 aromatic heterocycles. The van der Waals surface area contributed by atoms with Gasteiger partial charge < -0.3 is 14.0 Å². The van der Waals surface area contributed by atoms with Gasteiger partial charge in [-0.05, 0) is 50.2 Å². The molecule has 28 heavy (non-hydrogen) atoms. The number of rotatable bonds is 9. The minimum atomic E-state index is 0.186. The molecule has 3 aromatic rings. The van der Waals surface area contributed by atoms with E-state index in [1.54, 1.807) is 7.11 Å². The average molecular weight is 381 g/mol. The molecular weight excluding hydrogens is 354 g/mol. The molecule has 0 bridgehead atoms. The first kappa shape index (κ1) is 19.9. The molecule has 0 aliphatic carbocycles. The Bertz CT molecular complexity index is 894. The average Bonchev–Trinajstić information content (AvgIpc) is 3.20. The fraction of sp³-hybridized carbons (Fsp3) is 0.364. The van der Waals surface area contributed by atoms with Gasteiger partial charge >= 0.3 is 0 Å². The van der Waals surface area contributed by atoms with Crippen LogP contribution in [0, 0.1) is 0 Å². The Morgan fingerprint density at radius 3 is 2.68 bits per heavy atom. The normalized spacial score (nSPS) is 12.2. The van der Waals surface area contributed by atoms with Crippen LogP contribution in [0.25, 0.3) is 11.4 Å². The lowest BCUT2D eigenvalue weighted by Gasteiger charge is -2.26. The van der Waals surface area contributed by atoms with Crippen LogP contribution in [0.15, 0.2) is 53.1 Å². The first-order valence-corrected chi connectivity index (χ1v) is 9.59. The number of nitrogens with zero attached hydrogens (tertiary/aromatic N) is 3. The smallest absolute Gasteiger partial charge is 0.241 e. The highest BCUT2D eigenvalue weighted by Gasteiger charge is 2.19. The monoisotopic (exact) mass is 381 g/mol. The molecule has 0 saturated carbocycles. The quantitative estimate of drug-likeness (QED) is 0.534. The summed E-state index contributed by atoms with van der Waals surface area (Å²) in [6.07, 6.45) is 0. The van der Waals surface area contributed by atoms with E-state index in [0.29, 0.717) is 24.9 Å². The zero-order chi connectivity index (χ0) is 19.9. The van der Waals surface area contributed by atoms with Gasteiger partial charge in [-0.25, -0.2) is 0 Å². The third-order valence-electron chi connectivity index (χ3n) is 4.76. The topological polar surface area (TPSA) is 60.6 Å². The van der Waals surface area contributed by atoms with Crippen LogP contribution in [-0.4, -0.2) is 35.3 Å². The second kappa shape index (κ2) is 9.37. The molecule has 0 aliphatic heterocycles. The summed E-state index contributed by atoms with van der Waals surface area (Å²) in [5.41, 5.74) is 2.02. The summed E-state index contributed by atoms with van der Waals surface area (Å²) in [4.78, 5) is 6.88. The van der Waals surface area contributed by atoms with E-state index in [4.69, 9.17) is 14.0 Å². The number of para-hydroxylation sites is 1. The molecule has 0 N–H and O–H groups in total. The summed E-state index contributed by atoms with van der Waals surface area (Å²) in [5, 5.41) is 4.16. The SMILES string of the molecule is CCOc1ccccc1-c1noc(CN(CC)C(C)c2cccc(OC)c2)n1. The second-order valence-corrected chi connectivity index (χ2v) is 6.46. The van der Waals surface area contributed by atoms with E-state index < -0.39 is 0 Å². The highest BCUT2D eigenvalue weighted by atomic mass is 16.5. The third-order valence-corrected chi connectivity index (χ3v) is 4.76. The van der Waals surface area contributed by atoms with Crippen LogP contribution in [0.4, 0.5) is 0 Å². The number of hydrogen-bond acceptors (Lipinski definition) is 6. The van der Waals surface area contributed by atoms with Crippen molar-refractivity contribution in [1.82, 2.24) is 15.0 Å². The van der Waals surface area contributed by atoms with E-state index in [1.807, 2.05) is 43.3 Å². The van der Waals surface area contributed by atoms with Crippen LogP contribution in [-0.2, 0) is 6.54 Å². The summed E-state index contributed by atoms with van der Waals surface area (Å²) in [5.74, 6) is 2.74. The largest absolute Gasteiger partial charge is 0.497 e. The van der Waals surface area contributed by atoms with E-state index >= 15 is 0 Å². The molecule has 1 heterocycles. The van der Waals surface area contributed by atoms with Gasteiger partial charge in [0.2, 0.25) is 11.7 Å². The molecule has 0 aliphatic rings. The molecular formula is C22H27N3O3. The Hall–Kier alpha value is -2.86. The predicted molar refractivity (Wildman–Crippen MR) is 108 cm³/mol. The van der Waals surface area contributed by atoms with Gasteiger partial charge in [-0.1, -0.05) is 36.3 Å². The van der Waals surface area contributed by atoms with Crippen LogP contribution in [0.1, 0.15) is 38.3 Å². The lowest BCUT2D eigenvalue weighted by atomic mass is 10.1. The first-order chi connectivity index (χ1) is 13.7. The molecule has 2 aromatic carbocycles. The van der Waals surface area contributed by atoms with Crippen molar-refractivity contribution >= 4 is 0 Å². The van der Waals surface area contributed by atoms with Crippen LogP contribution < -0.4 is 9.47 Å². The predicted octanol–water partition coefficient (Wildman–Crippen LogP) is 4.73. The number of methoxy groups -OCH3 is 1. The van der Waals surface area contributed by atoms with Gasteiger partial charge in [-0.2, -0.15) is 4.98 Å². The molecule has 6 nitrogen and oxygen atoms in total. The molecule has 0 spiro atoms. The number of aromatic nitrogens is 2. The molecule has 1 unspecified atom stereocenters. The van der Waals surface area contributed by atoms with E-state index in [0.717, 1.165) is 23.6 Å². The summed E-state index contributed by atoms with van der Waals surface area (Å²) in [6, 6.07) is 16.0. The maximum absolute atomic E-state index is 5.68. The van der Waals surface area contributed by atoms with Gasteiger partial charge in [0.15, 0.2) is 0 Å². The number of hydrogen-bond donors (Lipinski definition) is 0. The summed E-state index contributed by atoms with van der Waals surface area (Å²) in [6.45, 7) is 8.25. The number of benzene rings is 2. The zero-order valence-corrected chi connectivity index (χ0v) is 16.9. The Balaban J connectivity index is 1.77. The Labute approximate surface area is 166 Å². The maximum atomic E-state index is 5.68. The van der Waals surface area contributed by atoms with E-state index in [-0.39, 0.29) is 6.04 Å². The van der Waals surface area contributed by atoms with Gasteiger partial charge in [0.05, 0.1) is 25.8 Å². The lowest BCUT2D eigenvalue weighted by Crippen LogP contribution is -2.26. The van der Waals surface area contributed by atoms with Crippen LogP contribution >= 0.6 is 0 Å². The summed E-state index contributed by atoms with van der Waals surface area (Å²) < 4.78 is 16.6. The van der Waals surface area contributed by atoms with Crippen molar-refractivity contribution in [1.29, 1.82) is 0 Å². The van der Waals surface area contributed by atoms with Crippen molar-refractivity contribution in [2.75, 3.05) is 20.3 Å². The maximum Gasteiger partial charge on any atom is 0.241 e. The number of ether oxygens (including phenoxy) is 2. The van der Waals surface area contributed by atoms with Crippen molar-refractivity contribution in [3.05, 3.63) is 60.0 Å². The van der Waals surface area contributed by atoms with E-state index in [1.165, 1.54) is 5.56 Å². The summed E-state index contributed by atoms with van der Waals surface area (Å²) >= 11 is 0. The minimum absolute atomic E-state index is 0.186. The van der Waals surface area contributed by atoms with Crippen LogP contribution in [0.5, 0.6) is 11.5 Å². The van der Waals surface area contributed by atoms with Gasteiger partial charge in [0.1, 0.15) is 11.5 Å². The van der Waals surface area contributed by atoms with Crippen molar-refractivity contribution < 1.29 is 14.0 Å². The Morgan fingerprint density at radius 1 is 1.11 bits per heavy atom. The first-order valence-electron chi connectivity index (χ1n) is 9.59. The van der Waals surface area contributed by atoms with E-state index in [2.05, 4.69) is 41.0 Å². The molecule has 1 atom stereocenters. The van der Waals surface area contributed by atoms with E-state index in [9.17, 15) is 0 Å². The highest BCUT2D eigenvalue weighted by molar-refractivity contribution is 5.63. The summed E-state index contributed by atoms with van der Waals surface area (Å²) in [7, 11) is 1.68. The van der Waals surface area contributed by atoms with Crippen molar-refractivity contribution in [3.63, 3.8) is 0 Å². The molecule has 0 fully saturated rings. The van der Waals surface area contributed by atoms with Gasteiger partial charge in [-0.15, -0.1) is 0 Å². The molecule has 148 valence electrons. The van der Waals surface area contributed by atoms with Gasteiger partial charge in [0.25, 0.3) is 0 Å². The van der Waals surface area contributed by atoms with Crippen LogP contribution in [0.3, 0.4) is 0 Å². The minimum Gasteiger partial charge on any atom is -0.497 e. The van der Waals surface area contributed by atoms with Gasteiger partial charge in [0, 0.05) is 6.04 Å². The third kappa shape index (κ3) is 4.51. The second-order valence-electron chi connectivity index (χ2n) is 6.46. The zero-order valence-electron chi connectivity index (χ0n) is 16.9. The Morgan fingerprint density at radius 2 is 1.93 bits per heavy atom.